The number of rotatable bonds is 5. The largest absolute Gasteiger partial charge is 0.492 e. The molecule has 2 aromatic carbocycles. The highest BCUT2D eigenvalue weighted by atomic mass is 35.5. The van der Waals surface area contributed by atoms with Crippen molar-refractivity contribution in [2.45, 2.75) is 13.5 Å². The zero-order valence-corrected chi connectivity index (χ0v) is 17.3. The van der Waals surface area contributed by atoms with Gasteiger partial charge in [0.2, 0.25) is 0 Å². The molecular formula is C19H14Cl3NO3S. The Morgan fingerprint density at radius 3 is 2.48 bits per heavy atom. The van der Waals surface area contributed by atoms with E-state index in [2.05, 4.69) is 0 Å². The number of carbonyl (C=O) groups is 2. The van der Waals surface area contributed by atoms with Crippen LogP contribution in [0.4, 0.5) is 4.79 Å². The van der Waals surface area contributed by atoms with Gasteiger partial charge in [0.05, 0.1) is 33.1 Å². The van der Waals surface area contributed by atoms with Gasteiger partial charge < -0.3 is 4.74 Å². The third-order valence-corrected chi connectivity index (χ3v) is 5.69. The average molecular weight is 443 g/mol. The van der Waals surface area contributed by atoms with Crippen molar-refractivity contribution in [3.63, 3.8) is 0 Å². The number of halogens is 3. The number of thioether (sulfide) groups is 1. The summed E-state index contributed by atoms with van der Waals surface area (Å²) in [5, 5.41) is 0.900. The molecule has 0 N–H and O–H groups in total. The summed E-state index contributed by atoms with van der Waals surface area (Å²) >= 11 is 19.0. The van der Waals surface area contributed by atoms with E-state index in [1.54, 1.807) is 42.5 Å². The van der Waals surface area contributed by atoms with Gasteiger partial charge in [-0.05, 0) is 60.2 Å². The van der Waals surface area contributed by atoms with Gasteiger partial charge in [0.15, 0.2) is 0 Å². The van der Waals surface area contributed by atoms with E-state index in [1.165, 1.54) is 4.90 Å². The molecule has 0 unspecified atom stereocenters. The van der Waals surface area contributed by atoms with Gasteiger partial charge in [-0.25, -0.2) is 0 Å². The second kappa shape index (κ2) is 8.57. The van der Waals surface area contributed by atoms with Crippen LogP contribution in [-0.4, -0.2) is 22.7 Å². The van der Waals surface area contributed by atoms with Crippen LogP contribution >= 0.6 is 46.6 Å². The first-order valence-electron chi connectivity index (χ1n) is 8.00. The quantitative estimate of drug-likeness (QED) is 0.511. The minimum Gasteiger partial charge on any atom is -0.492 e. The molecule has 0 saturated carbocycles. The molecule has 1 saturated heterocycles. The molecule has 0 bridgehead atoms. The number of ether oxygens (including phenoxy) is 1. The Kier molecular flexibility index (Phi) is 6.37. The molecule has 0 aliphatic carbocycles. The lowest BCUT2D eigenvalue weighted by Crippen LogP contribution is -2.27. The summed E-state index contributed by atoms with van der Waals surface area (Å²) in [6, 6.07) is 10.2. The van der Waals surface area contributed by atoms with Crippen LogP contribution in [0.1, 0.15) is 18.1 Å². The Hall–Kier alpha value is -1.66. The molecule has 0 aromatic heterocycles. The summed E-state index contributed by atoms with van der Waals surface area (Å²) in [5.74, 6) is 0.213. The first kappa shape index (κ1) is 20.1. The van der Waals surface area contributed by atoms with Gasteiger partial charge in [-0.3, -0.25) is 14.5 Å². The van der Waals surface area contributed by atoms with Gasteiger partial charge in [-0.15, -0.1) is 0 Å². The van der Waals surface area contributed by atoms with Gasteiger partial charge in [-0.2, -0.15) is 0 Å². The Morgan fingerprint density at radius 2 is 1.81 bits per heavy atom. The third-order valence-electron chi connectivity index (χ3n) is 3.75. The maximum Gasteiger partial charge on any atom is 0.293 e. The van der Waals surface area contributed by atoms with Gasteiger partial charge in [0.25, 0.3) is 11.1 Å². The lowest BCUT2D eigenvalue weighted by atomic mass is 10.2. The van der Waals surface area contributed by atoms with Crippen molar-refractivity contribution in [1.29, 1.82) is 0 Å². The first-order valence-corrected chi connectivity index (χ1v) is 9.95. The summed E-state index contributed by atoms with van der Waals surface area (Å²) in [6.07, 6.45) is 1.64. The number of nitrogens with zero attached hydrogens (tertiary/aromatic N) is 1. The van der Waals surface area contributed by atoms with E-state index in [0.717, 1.165) is 17.3 Å². The molecule has 27 heavy (non-hydrogen) atoms. The highest BCUT2D eigenvalue weighted by Gasteiger charge is 2.35. The predicted molar refractivity (Wildman–Crippen MR) is 111 cm³/mol. The van der Waals surface area contributed by atoms with Crippen LogP contribution in [0.2, 0.25) is 15.1 Å². The van der Waals surface area contributed by atoms with Crippen molar-refractivity contribution in [2.75, 3.05) is 6.61 Å². The Labute approximate surface area is 176 Å². The second-order valence-electron chi connectivity index (χ2n) is 5.64. The van der Waals surface area contributed by atoms with E-state index in [4.69, 9.17) is 39.5 Å². The maximum atomic E-state index is 12.6. The fourth-order valence-corrected chi connectivity index (χ4v) is 3.89. The van der Waals surface area contributed by atoms with Crippen LogP contribution < -0.4 is 4.74 Å². The molecule has 1 aliphatic rings. The fourth-order valence-electron chi connectivity index (χ4n) is 2.49. The maximum absolute atomic E-state index is 12.6. The minimum absolute atomic E-state index is 0.128. The number of carbonyl (C=O) groups excluding carboxylic acids is 2. The summed E-state index contributed by atoms with van der Waals surface area (Å²) in [7, 11) is 0. The number of hydrogen-bond donors (Lipinski definition) is 0. The Morgan fingerprint density at radius 1 is 1.04 bits per heavy atom. The van der Waals surface area contributed by atoms with Crippen molar-refractivity contribution in [3.8, 4) is 5.75 Å². The minimum atomic E-state index is -0.360. The molecular weight excluding hydrogens is 429 g/mol. The van der Waals surface area contributed by atoms with E-state index in [9.17, 15) is 9.59 Å². The highest BCUT2D eigenvalue weighted by Crippen LogP contribution is 2.35. The van der Waals surface area contributed by atoms with Crippen LogP contribution in [-0.2, 0) is 11.3 Å². The SMILES string of the molecule is CCOc1ccc(/C=C2\SC(=O)N(Cc3ccc(Cl)c(Cl)c3)C2=O)cc1Cl. The smallest absolute Gasteiger partial charge is 0.293 e. The normalized spacial score (nSPS) is 15.7. The monoisotopic (exact) mass is 441 g/mol. The summed E-state index contributed by atoms with van der Waals surface area (Å²) in [6.45, 7) is 2.50. The van der Waals surface area contributed by atoms with Crippen molar-refractivity contribution in [1.82, 2.24) is 4.90 Å². The summed E-state index contributed by atoms with van der Waals surface area (Å²) in [5.41, 5.74) is 1.43. The van der Waals surface area contributed by atoms with Crippen molar-refractivity contribution < 1.29 is 14.3 Å². The second-order valence-corrected chi connectivity index (χ2v) is 7.85. The van der Waals surface area contributed by atoms with Crippen LogP contribution in [0.3, 0.4) is 0 Å². The third kappa shape index (κ3) is 4.61. The molecule has 3 rings (SSSR count). The number of amides is 2. The lowest BCUT2D eigenvalue weighted by molar-refractivity contribution is -0.123. The number of benzene rings is 2. The Bertz CT molecular complexity index is 946. The van der Waals surface area contributed by atoms with Gasteiger partial charge >= 0.3 is 0 Å². The molecule has 1 heterocycles. The van der Waals surface area contributed by atoms with Crippen molar-refractivity contribution in [2.24, 2.45) is 0 Å². The van der Waals surface area contributed by atoms with Gasteiger partial charge in [0.1, 0.15) is 5.75 Å². The van der Waals surface area contributed by atoms with Gasteiger partial charge in [0, 0.05) is 0 Å². The van der Waals surface area contributed by atoms with E-state index in [1.807, 2.05) is 6.92 Å². The molecule has 1 fully saturated rings. The van der Waals surface area contributed by atoms with E-state index in [0.29, 0.717) is 37.9 Å². The van der Waals surface area contributed by atoms with Crippen LogP contribution in [0.5, 0.6) is 5.75 Å². The van der Waals surface area contributed by atoms with E-state index < -0.39 is 0 Å². The molecule has 4 nitrogen and oxygen atoms in total. The van der Waals surface area contributed by atoms with Crippen LogP contribution in [0, 0.1) is 0 Å². The van der Waals surface area contributed by atoms with Gasteiger partial charge in [-0.1, -0.05) is 46.9 Å². The molecule has 8 heteroatoms. The number of hydrogen-bond acceptors (Lipinski definition) is 4. The lowest BCUT2D eigenvalue weighted by Gasteiger charge is -2.13. The topological polar surface area (TPSA) is 46.6 Å². The summed E-state index contributed by atoms with van der Waals surface area (Å²) < 4.78 is 5.39. The predicted octanol–water partition coefficient (Wildman–Crippen LogP) is 6.28. The standard InChI is InChI=1S/C19H14Cl3NO3S/c1-2-26-16-6-4-11(7-15(16)22)9-17-18(24)23(19(25)27-17)10-12-3-5-13(20)14(21)8-12/h3-9H,2,10H2,1H3/b17-9-. The van der Waals surface area contributed by atoms with Crippen LogP contribution in [0.15, 0.2) is 41.3 Å². The van der Waals surface area contributed by atoms with E-state index >= 15 is 0 Å². The molecule has 0 spiro atoms. The Balaban J connectivity index is 1.79. The van der Waals surface area contributed by atoms with Crippen LogP contribution in [0.25, 0.3) is 6.08 Å². The molecule has 0 radical (unpaired) electrons. The summed E-state index contributed by atoms with van der Waals surface area (Å²) in [4.78, 5) is 26.4. The molecule has 1 aliphatic heterocycles. The number of imide groups is 1. The first-order chi connectivity index (χ1) is 12.9. The average Bonchev–Trinajstić information content (AvgIpc) is 2.88. The zero-order chi connectivity index (χ0) is 19.6. The molecule has 2 aromatic rings. The highest BCUT2D eigenvalue weighted by molar-refractivity contribution is 8.18. The van der Waals surface area contributed by atoms with E-state index in [-0.39, 0.29) is 17.7 Å². The van der Waals surface area contributed by atoms with Crippen molar-refractivity contribution in [3.05, 3.63) is 67.5 Å². The van der Waals surface area contributed by atoms with Crippen molar-refractivity contribution >= 4 is 63.8 Å². The fraction of sp³-hybridized carbons (Fsp3) is 0.158. The molecule has 2 amide bonds. The molecule has 0 atom stereocenters. The molecule has 140 valence electrons. The zero-order valence-electron chi connectivity index (χ0n) is 14.2.